The quantitative estimate of drug-likeness (QED) is 0.133. The first kappa shape index (κ1) is 51.9. The number of aryl methyl sites for hydroxylation is 12. The van der Waals surface area contributed by atoms with E-state index in [-0.39, 0.29) is 0 Å². The number of rotatable bonds is 0. The molecular formula is C90H66. The third-order valence-corrected chi connectivity index (χ3v) is 21.4. The summed E-state index contributed by atoms with van der Waals surface area (Å²) in [5.41, 5.74) is 34.1. The Hall–Kier alpha value is -10.1. The highest BCUT2D eigenvalue weighted by Gasteiger charge is 2.28. The zero-order valence-electron chi connectivity index (χ0n) is 50.7. The molecule has 0 unspecified atom stereocenters. The standard InChI is InChI=1S/3C30H22/c3*1-5-19-13-14-20-6-2-10-24(18-20)30-26-12-4-8-22-16-15-21-7-3-11-25(27(21)28(22)26)29(30)23(9-1)17-19/h3*1-12,17-18H,13-16H2. The van der Waals surface area contributed by atoms with Crippen LogP contribution in [0.15, 0.2) is 255 Å². The first-order valence-corrected chi connectivity index (χ1v) is 33.1. The summed E-state index contributed by atoms with van der Waals surface area (Å²) in [6.07, 6.45) is 13.4. The maximum atomic E-state index is 2.43. The second kappa shape index (κ2) is 20.7. The van der Waals surface area contributed by atoms with Crippen molar-refractivity contribution in [1.82, 2.24) is 0 Å². The van der Waals surface area contributed by atoms with E-state index in [0.717, 1.165) is 77.0 Å². The molecule has 6 aliphatic rings. The molecule has 0 heteroatoms. The van der Waals surface area contributed by atoms with Gasteiger partial charge < -0.3 is 0 Å². The molecule has 0 heterocycles. The van der Waals surface area contributed by atoms with Gasteiger partial charge in [0, 0.05) is 0 Å². The fraction of sp³-hybridized carbons (Fsp3) is 0.133. The zero-order chi connectivity index (χ0) is 59.0. The molecule has 15 aromatic rings. The lowest BCUT2D eigenvalue weighted by Crippen LogP contribution is -2.04. The third-order valence-electron chi connectivity index (χ3n) is 21.4. The number of hydrogen-bond acceptors (Lipinski definition) is 0. The van der Waals surface area contributed by atoms with Crippen LogP contribution in [0.5, 0.6) is 0 Å². The normalized spacial score (nSPS) is 14.1. The summed E-state index contributed by atoms with van der Waals surface area (Å²) < 4.78 is 0. The van der Waals surface area contributed by atoms with Crippen LogP contribution in [0.2, 0.25) is 0 Å². The van der Waals surface area contributed by atoms with Crippen LogP contribution in [0.3, 0.4) is 0 Å². The van der Waals surface area contributed by atoms with Crippen molar-refractivity contribution in [3.05, 3.63) is 322 Å². The lowest BCUT2D eigenvalue weighted by molar-refractivity contribution is 0.960. The van der Waals surface area contributed by atoms with Gasteiger partial charge in [-0.25, -0.2) is 0 Å². The minimum absolute atomic E-state index is 1.09. The Balaban J connectivity index is 0.0000000972. The SMILES string of the molecule is c1cc2cc(c1)-c1c(c3cccc4c3c3c(cccc13)CC4)-c1cccc(c1)CC2.c1cc2cc(c1)-c1c(c3cccc4c3c3c(cccc13)CC4)-c1cccc(c1)CC2.c1cc2cc(c1)-c1c(c3cccc4c3c3c(cccc13)CC4)-c1cccc(c1)CC2. The highest BCUT2D eigenvalue weighted by molar-refractivity contribution is 6.27. The fourth-order valence-corrected chi connectivity index (χ4v) is 17.4. The van der Waals surface area contributed by atoms with Crippen molar-refractivity contribution in [3.63, 3.8) is 0 Å². The van der Waals surface area contributed by atoms with Crippen molar-refractivity contribution in [2.45, 2.75) is 77.0 Å². The van der Waals surface area contributed by atoms with Crippen LogP contribution in [-0.2, 0) is 77.0 Å². The van der Waals surface area contributed by atoms with E-state index in [9.17, 15) is 0 Å². The molecule has 0 saturated heterocycles. The van der Waals surface area contributed by atoms with Crippen molar-refractivity contribution in [1.29, 1.82) is 0 Å². The van der Waals surface area contributed by atoms with Gasteiger partial charge in [0.2, 0.25) is 0 Å². The van der Waals surface area contributed by atoms with Gasteiger partial charge in [-0.05, 0) is 275 Å². The summed E-state index contributed by atoms with van der Waals surface area (Å²) in [5, 5.41) is 17.3. The van der Waals surface area contributed by atoms with Gasteiger partial charge in [-0.2, -0.15) is 0 Å². The van der Waals surface area contributed by atoms with Gasteiger partial charge in [0.25, 0.3) is 0 Å². The molecule has 0 atom stereocenters. The molecule has 0 N–H and O–H groups in total. The molecule has 6 aliphatic carbocycles. The van der Waals surface area contributed by atoms with Gasteiger partial charge in [0.05, 0.1) is 0 Å². The monoisotopic (exact) mass is 1150 g/mol. The molecule has 15 aromatic carbocycles. The maximum Gasteiger partial charge on any atom is -0.00201 e. The smallest absolute Gasteiger partial charge is 0.00201 e. The number of fused-ring (bicyclic) bond motifs is 27. The van der Waals surface area contributed by atoms with E-state index in [4.69, 9.17) is 0 Å². The molecule has 21 rings (SSSR count). The molecule has 0 saturated carbocycles. The summed E-state index contributed by atoms with van der Waals surface area (Å²) in [4.78, 5) is 0. The first-order chi connectivity index (χ1) is 44.6. The van der Waals surface area contributed by atoms with E-state index in [2.05, 4.69) is 255 Å². The molecular weight excluding hydrogens is 1080 g/mol. The average molecular weight is 1150 g/mol. The van der Waals surface area contributed by atoms with E-state index in [1.165, 1.54) is 198 Å². The second-order valence-electron chi connectivity index (χ2n) is 26.5. The van der Waals surface area contributed by atoms with E-state index in [1.807, 2.05) is 0 Å². The van der Waals surface area contributed by atoms with Crippen LogP contribution in [0.25, 0.3) is 131 Å². The molecule has 0 spiro atoms. The molecule has 0 amide bonds. The lowest BCUT2D eigenvalue weighted by Gasteiger charge is -2.25. The van der Waals surface area contributed by atoms with Crippen LogP contribution in [0.4, 0.5) is 0 Å². The van der Waals surface area contributed by atoms with Crippen LogP contribution < -0.4 is 0 Å². The largest absolute Gasteiger partial charge is 0.0614 e. The predicted molar refractivity (Wildman–Crippen MR) is 381 cm³/mol. The van der Waals surface area contributed by atoms with Gasteiger partial charge in [-0.15, -0.1) is 0 Å². The van der Waals surface area contributed by atoms with E-state index >= 15 is 0 Å². The summed E-state index contributed by atoms with van der Waals surface area (Å²) in [6, 6.07) is 97.2. The van der Waals surface area contributed by atoms with Crippen LogP contribution in [0.1, 0.15) is 66.8 Å². The summed E-state index contributed by atoms with van der Waals surface area (Å²) in [5.74, 6) is 0. The molecule has 12 bridgehead atoms. The minimum atomic E-state index is 1.09. The van der Waals surface area contributed by atoms with Crippen molar-refractivity contribution in [2.24, 2.45) is 0 Å². The van der Waals surface area contributed by atoms with Gasteiger partial charge in [-0.3, -0.25) is 0 Å². The Morgan fingerprint density at radius 2 is 0.300 bits per heavy atom. The highest BCUT2D eigenvalue weighted by Crippen LogP contribution is 2.52. The van der Waals surface area contributed by atoms with Crippen LogP contribution in [0, 0.1) is 0 Å². The minimum Gasteiger partial charge on any atom is -0.0614 e. The molecule has 0 aliphatic heterocycles. The Bertz CT molecular complexity index is 4660. The number of benzene rings is 15. The molecule has 426 valence electrons. The topological polar surface area (TPSA) is 0 Å². The first-order valence-electron chi connectivity index (χ1n) is 33.1. The molecule has 0 fully saturated rings. The maximum absolute atomic E-state index is 2.43. The average Bonchev–Trinajstić information content (AvgIpc) is 0.838. The van der Waals surface area contributed by atoms with Gasteiger partial charge in [0.15, 0.2) is 0 Å². The van der Waals surface area contributed by atoms with E-state index in [1.54, 1.807) is 0 Å². The van der Waals surface area contributed by atoms with Crippen molar-refractivity contribution in [2.75, 3.05) is 0 Å². The van der Waals surface area contributed by atoms with Crippen molar-refractivity contribution in [3.8, 4) is 66.8 Å². The molecule has 90 heavy (non-hydrogen) atoms. The third kappa shape index (κ3) is 8.27. The summed E-state index contributed by atoms with van der Waals surface area (Å²) >= 11 is 0. The molecule has 0 aromatic heterocycles. The Morgan fingerprint density at radius 1 is 0.144 bits per heavy atom. The summed E-state index contributed by atoms with van der Waals surface area (Å²) in [7, 11) is 0. The second-order valence-corrected chi connectivity index (χ2v) is 26.5. The van der Waals surface area contributed by atoms with Crippen molar-refractivity contribution >= 4 is 64.6 Å². The summed E-state index contributed by atoms with van der Waals surface area (Å²) in [6.45, 7) is 0. The Kier molecular flexibility index (Phi) is 11.9. The fourth-order valence-electron chi connectivity index (χ4n) is 17.4. The Morgan fingerprint density at radius 3 is 0.467 bits per heavy atom. The van der Waals surface area contributed by atoms with Gasteiger partial charge in [0.1, 0.15) is 0 Å². The zero-order valence-corrected chi connectivity index (χ0v) is 50.7. The van der Waals surface area contributed by atoms with Crippen LogP contribution in [-0.4, -0.2) is 0 Å². The van der Waals surface area contributed by atoms with Gasteiger partial charge >= 0.3 is 0 Å². The van der Waals surface area contributed by atoms with Gasteiger partial charge in [-0.1, -0.05) is 255 Å². The lowest BCUT2D eigenvalue weighted by atomic mass is 9.78. The molecule has 0 nitrogen and oxygen atoms in total. The number of hydrogen-bond donors (Lipinski definition) is 0. The van der Waals surface area contributed by atoms with E-state index in [0.29, 0.717) is 0 Å². The predicted octanol–water partition coefficient (Wildman–Crippen LogP) is 22.6. The van der Waals surface area contributed by atoms with E-state index < -0.39 is 0 Å². The highest BCUT2D eigenvalue weighted by atomic mass is 14.3. The van der Waals surface area contributed by atoms with Crippen molar-refractivity contribution < 1.29 is 0 Å². The molecule has 0 radical (unpaired) electrons. The van der Waals surface area contributed by atoms with Crippen LogP contribution >= 0.6 is 0 Å². The Labute approximate surface area is 526 Å².